The molecule has 3 atom stereocenters. The zero-order chi connectivity index (χ0) is 24.8. The van der Waals surface area contributed by atoms with E-state index in [0.717, 1.165) is 0 Å². The van der Waals surface area contributed by atoms with E-state index in [4.69, 9.17) is 4.74 Å². The molecular formula is C25H33FN4O4. The molecule has 34 heavy (non-hydrogen) atoms. The van der Waals surface area contributed by atoms with E-state index in [0.29, 0.717) is 35.8 Å². The van der Waals surface area contributed by atoms with Gasteiger partial charge in [-0.15, -0.1) is 0 Å². The quantitative estimate of drug-likeness (QED) is 0.601. The summed E-state index contributed by atoms with van der Waals surface area (Å²) < 4.78 is 19.5. The highest BCUT2D eigenvalue weighted by Gasteiger charge is 2.30. The van der Waals surface area contributed by atoms with Crippen LogP contribution in [0, 0.1) is 11.7 Å². The number of fused-ring (bicyclic) bond motifs is 1. The Morgan fingerprint density at radius 3 is 2.50 bits per heavy atom. The van der Waals surface area contributed by atoms with Gasteiger partial charge in [-0.05, 0) is 63.5 Å². The Balaban J connectivity index is 1.85. The zero-order valence-corrected chi connectivity index (χ0v) is 20.0. The van der Waals surface area contributed by atoms with E-state index in [1.54, 1.807) is 23.1 Å². The lowest BCUT2D eigenvalue weighted by atomic mass is 10.0. The molecule has 0 bridgehead atoms. The summed E-state index contributed by atoms with van der Waals surface area (Å²) in [6.07, 6.45) is -0.0930. The normalized spacial score (nSPS) is 19.4. The minimum Gasteiger partial charge on any atom is -0.488 e. The molecule has 1 aliphatic heterocycles. The second-order valence-corrected chi connectivity index (χ2v) is 9.06. The molecule has 0 aromatic heterocycles. The van der Waals surface area contributed by atoms with Crippen LogP contribution >= 0.6 is 0 Å². The number of ether oxygens (including phenoxy) is 1. The predicted octanol–water partition coefficient (Wildman–Crippen LogP) is 3.18. The molecular weight excluding hydrogens is 439 g/mol. The Morgan fingerprint density at radius 1 is 1.21 bits per heavy atom. The lowest BCUT2D eigenvalue weighted by Crippen LogP contribution is -2.47. The van der Waals surface area contributed by atoms with E-state index >= 15 is 0 Å². The standard InChI is InChI=1S/C25H33FN4O4/c1-16-13-30(17(2)15-31)24(32)12-18-11-21(9-10-22(18)34-23(16)14-29(3)4)28-25(33)27-20-7-5-19(26)6-8-20/h5-11,16-17,23,31H,12-15H2,1-4H3,(H2,27,28,33)/t16-,17-,23-/m0/s1. The first-order valence-corrected chi connectivity index (χ1v) is 11.3. The number of hydrogen-bond acceptors (Lipinski definition) is 5. The highest BCUT2D eigenvalue weighted by molar-refractivity contribution is 5.99. The van der Waals surface area contributed by atoms with Gasteiger partial charge in [0.2, 0.25) is 5.91 Å². The average Bonchev–Trinajstić information content (AvgIpc) is 2.82. The molecule has 2 aromatic carbocycles. The summed E-state index contributed by atoms with van der Waals surface area (Å²) in [6.45, 7) is 4.87. The lowest BCUT2D eigenvalue weighted by Gasteiger charge is -2.33. The monoisotopic (exact) mass is 472 g/mol. The third-order valence-electron chi connectivity index (χ3n) is 5.82. The van der Waals surface area contributed by atoms with Crippen LogP contribution in [0.25, 0.3) is 0 Å². The van der Waals surface area contributed by atoms with Gasteiger partial charge in [-0.2, -0.15) is 0 Å². The molecule has 0 fully saturated rings. The topological polar surface area (TPSA) is 94.1 Å². The van der Waals surface area contributed by atoms with Crippen LogP contribution in [-0.4, -0.2) is 72.8 Å². The van der Waals surface area contributed by atoms with Crippen molar-refractivity contribution in [1.29, 1.82) is 0 Å². The van der Waals surface area contributed by atoms with Gasteiger partial charge in [-0.3, -0.25) is 4.79 Å². The molecule has 1 aliphatic rings. The highest BCUT2D eigenvalue weighted by atomic mass is 19.1. The van der Waals surface area contributed by atoms with Gasteiger partial charge in [0.1, 0.15) is 17.7 Å². The molecule has 0 radical (unpaired) electrons. The number of likely N-dealkylation sites (N-methyl/N-ethyl adjacent to an activating group) is 1. The molecule has 8 nitrogen and oxygen atoms in total. The minimum atomic E-state index is -0.489. The van der Waals surface area contributed by atoms with Crippen molar-refractivity contribution >= 4 is 23.3 Å². The van der Waals surface area contributed by atoms with Crippen molar-refractivity contribution in [1.82, 2.24) is 9.80 Å². The van der Waals surface area contributed by atoms with Gasteiger partial charge in [0, 0.05) is 35.9 Å². The molecule has 9 heteroatoms. The molecule has 184 valence electrons. The van der Waals surface area contributed by atoms with E-state index in [9.17, 15) is 19.1 Å². The number of aliphatic hydroxyl groups is 1. The molecule has 0 unspecified atom stereocenters. The fraction of sp³-hybridized carbons (Fsp3) is 0.440. The second kappa shape index (κ2) is 11.3. The SMILES string of the molecule is C[C@H]1CN([C@@H](C)CO)C(=O)Cc2cc(NC(=O)Nc3ccc(F)cc3)ccc2O[C@H]1CN(C)C. The molecule has 1 heterocycles. The molecule has 0 saturated carbocycles. The maximum atomic E-state index is 13.2. The first kappa shape index (κ1) is 25.5. The number of hydrogen-bond donors (Lipinski definition) is 3. The van der Waals surface area contributed by atoms with Crippen LogP contribution in [0.3, 0.4) is 0 Å². The van der Waals surface area contributed by atoms with Crippen LogP contribution < -0.4 is 15.4 Å². The number of rotatable bonds is 6. The number of benzene rings is 2. The van der Waals surface area contributed by atoms with Gasteiger partial charge in [0.25, 0.3) is 0 Å². The van der Waals surface area contributed by atoms with Gasteiger partial charge in [0.05, 0.1) is 19.1 Å². The van der Waals surface area contributed by atoms with Crippen molar-refractivity contribution in [3.05, 3.63) is 53.8 Å². The van der Waals surface area contributed by atoms with Crippen molar-refractivity contribution in [2.45, 2.75) is 32.4 Å². The molecule has 0 saturated heterocycles. The molecule has 3 N–H and O–H groups in total. The van der Waals surface area contributed by atoms with Crippen LogP contribution in [0.5, 0.6) is 5.75 Å². The third kappa shape index (κ3) is 6.68. The summed E-state index contributed by atoms with van der Waals surface area (Å²) in [5, 5.41) is 15.1. The summed E-state index contributed by atoms with van der Waals surface area (Å²) >= 11 is 0. The molecule has 0 spiro atoms. The number of urea groups is 1. The van der Waals surface area contributed by atoms with Gasteiger partial charge >= 0.3 is 6.03 Å². The Bertz CT molecular complexity index is 999. The molecule has 3 rings (SSSR count). The lowest BCUT2D eigenvalue weighted by molar-refractivity contribution is -0.134. The fourth-order valence-corrected chi connectivity index (χ4v) is 3.91. The van der Waals surface area contributed by atoms with E-state index in [2.05, 4.69) is 10.6 Å². The average molecular weight is 473 g/mol. The summed E-state index contributed by atoms with van der Waals surface area (Å²) in [5.74, 6) is 0.122. The Kier molecular flexibility index (Phi) is 8.46. The van der Waals surface area contributed by atoms with Crippen LogP contribution in [0.2, 0.25) is 0 Å². The molecule has 3 amide bonds. The summed E-state index contributed by atoms with van der Waals surface area (Å²) in [5.41, 5.74) is 1.60. The maximum absolute atomic E-state index is 13.2. The van der Waals surface area contributed by atoms with Crippen molar-refractivity contribution < 1.29 is 23.8 Å². The third-order valence-corrected chi connectivity index (χ3v) is 5.82. The number of aliphatic hydroxyl groups excluding tert-OH is 1. The van der Waals surface area contributed by atoms with Gasteiger partial charge in [-0.25, -0.2) is 9.18 Å². The molecule has 2 aromatic rings. The number of nitrogens with zero attached hydrogens (tertiary/aromatic N) is 2. The zero-order valence-electron chi connectivity index (χ0n) is 20.0. The van der Waals surface area contributed by atoms with Crippen LogP contribution in [0.1, 0.15) is 19.4 Å². The van der Waals surface area contributed by atoms with Crippen molar-refractivity contribution in [3.63, 3.8) is 0 Å². The second-order valence-electron chi connectivity index (χ2n) is 9.06. The number of carbonyl (C=O) groups is 2. The largest absolute Gasteiger partial charge is 0.488 e. The number of carbonyl (C=O) groups excluding carboxylic acids is 2. The van der Waals surface area contributed by atoms with Crippen molar-refractivity contribution in [2.75, 3.05) is 44.4 Å². The predicted molar refractivity (Wildman–Crippen MR) is 130 cm³/mol. The number of amides is 3. The van der Waals surface area contributed by atoms with E-state index in [1.807, 2.05) is 32.8 Å². The van der Waals surface area contributed by atoms with Crippen LogP contribution in [-0.2, 0) is 11.2 Å². The minimum absolute atomic E-state index is 0.0330. The van der Waals surface area contributed by atoms with Crippen molar-refractivity contribution in [2.24, 2.45) is 5.92 Å². The van der Waals surface area contributed by atoms with Crippen molar-refractivity contribution in [3.8, 4) is 5.75 Å². The smallest absolute Gasteiger partial charge is 0.323 e. The Morgan fingerprint density at radius 2 is 1.85 bits per heavy atom. The molecule has 0 aliphatic carbocycles. The highest BCUT2D eigenvalue weighted by Crippen LogP contribution is 2.29. The number of anilines is 2. The summed E-state index contributed by atoms with van der Waals surface area (Å²) in [7, 11) is 3.94. The maximum Gasteiger partial charge on any atom is 0.323 e. The Labute approximate surface area is 199 Å². The van der Waals surface area contributed by atoms with E-state index < -0.39 is 6.03 Å². The van der Waals surface area contributed by atoms with Gasteiger partial charge < -0.3 is 30.3 Å². The fourth-order valence-electron chi connectivity index (χ4n) is 3.91. The van der Waals surface area contributed by atoms with E-state index in [1.165, 1.54) is 24.3 Å². The Hall–Kier alpha value is -3.17. The summed E-state index contributed by atoms with van der Waals surface area (Å²) in [6, 6.07) is 9.85. The summed E-state index contributed by atoms with van der Waals surface area (Å²) in [4.78, 5) is 29.3. The van der Waals surface area contributed by atoms with Crippen LogP contribution in [0.15, 0.2) is 42.5 Å². The first-order valence-electron chi connectivity index (χ1n) is 11.3. The number of nitrogens with one attached hydrogen (secondary N) is 2. The number of halogens is 1. The van der Waals surface area contributed by atoms with Gasteiger partial charge in [0.15, 0.2) is 0 Å². The van der Waals surface area contributed by atoms with E-state index in [-0.39, 0.29) is 42.8 Å². The van der Waals surface area contributed by atoms with Gasteiger partial charge in [-0.1, -0.05) is 6.92 Å². The first-order chi connectivity index (χ1) is 16.2. The van der Waals surface area contributed by atoms with Crippen LogP contribution in [0.4, 0.5) is 20.6 Å².